The highest BCUT2D eigenvalue weighted by Crippen LogP contribution is 2.29. The molecule has 1 aliphatic heterocycles. The number of likely N-dealkylation sites (tertiary alicyclic amines) is 1. The number of carbonyl (C=O) groups excluding carboxylic acids is 2. The third-order valence-electron chi connectivity index (χ3n) is 4.94. The Hall–Kier alpha value is -1.55. The largest absolute Gasteiger partial charge is 0.353 e. The zero-order valence-corrected chi connectivity index (χ0v) is 14.0. The van der Waals surface area contributed by atoms with Crippen LogP contribution in [0.1, 0.15) is 37.7 Å². The molecule has 124 valence electrons. The molecule has 2 fully saturated rings. The summed E-state index contributed by atoms with van der Waals surface area (Å²) in [6.07, 6.45) is 5.27. The molecule has 1 saturated carbocycles. The molecule has 23 heavy (non-hydrogen) atoms. The van der Waals surface area contributed by atoms with Gasteiger partial charge in [0.2, 0.25) is 11.8 Å². The topological polar surface area (TPSA) is 49.4 Å². The van der Waals surface area contributed by atoms with Gasteiger partial charge in [-0.15, -0.1) is 0 Å². The molecule has 0 unspecified atom stereocenters. The minimum Gasteiger partial charge on any atom is -0.353 e. The van der Waals surface area contributed by atoms with E-state index in [9.17, 15) is 9.59 Å². The zero-order chi connectivity index (χ0) is 16.2. The fraction of sp³-hybridized carbons (Fsp3) is 0.556. The van der Waals surface area contributed by atoms with E-state index in [-0.39, 0.29) is 17.9 Å². The summed E-state index contributed by atoms with van der Waals surface area (Å²) in [6.45, 7) is 1.51. The van der Waals surface area contributed by atoms with Crippen molar-refractivity contribution in [3.63, 3.8) is 0 Å². The van der Waals surface area contributed by atoms with Gasteiger partial charge in [0.15, 0.2) is 0 Å². The SMILES string of the molecule is O=C(Cc1ccccc1Cl)NC1CCN(C(=O)C2CCC2)CC1. The van der Waals surface area contributed by atoms with E-state index < -0.39 is 0 Å². The number of amides is 2. The normalized spacial score (nSPS) is 19.3. The van der Waals surface area contributed by atoms with E-state index in [1.54, 1.807) is 6.07 Å². The average Bonchev–Trinajstić information content (AvgIpc) is 2.48. The molecule has 1 aromatic rings. The monoisotopic (exact) mass is 334 g/mol. The van der Waals surface area contributed by atoms with Crippen molar-refractivity contribution >= 4 is 23.4 Å². The highest BCUT2D eigenvalue weighted by atomic mass is 35.5. The lowest BCUT2D eigenvalue weighted by molar-refractivity contribution is -0.139. The van der Waals surface area contributed by atoms with E-state index in [0.29, 0.717) is 17.4 Å². The number of halogens is 1. The molecule has 0 bridgehead atoms. The number of rotatable bonds is 4. The van der Waals surface area contributed by atoms with Crippen molar-refractivity contribution in [2.45, 2.75) is 44.6 Å². The van der Waals surface area contributed by atoms with Crippen LogP contribution in [0.5, 0.6) is 0 Å². The van der Waals surface area contributed by atoms with Gasteiger partial charge in [-0.05, 0) is 37.3 Å². The Bertz CT molecular complexity index is 578. The van der Waals surface area contributed by atoms with Crippen LogP contribution in [-0.4, -0.2) is 35.8 Å². The number of hydrogen-bond donors (Lipinski definition) is 1. The molecular formula is C18H23ClN2O2. The van der Waals surface area contributed by atoms with Crippen LogP contribution in [0.25, 0.3) is 0 Å². The fourth-order valence-electron chi connectivity index (χ4n) is 3.25. The van der Waals surface area contributed by atoms with Crippen molar-refractivity contribution in [2.75, 3.05) is 13.1 Å². The number of benzene rings is 1. The summed E-state index contributed by atoms with van der Waals surface area (Å²) < 4.78 is 0. The van der Waals surface area contributed by atoms with Gasteiger partial charge in [0.1, 0.15) is 0 Å². The van der Waals surface area contributed by atoms with Crippen molar-refractivity contribution in [3.8, 4) is 0 Å². The van der Waals surface area contributed by atoms with Crippen molar-refractivity contribution in [3.05, 3.63) is 34.9 Å². The Balaban J connectivity index is 1.44. The summed E-state index contributed by atoms with van der Waals surface area (Å²) in [4.78, 5) is 26.3. The molecular weight excluding hydrogens is 312 g/mol. The van der Waals surface area contributed by atoms with Crippen LogP contribution in [0, 0.1) is 5.92 Å². The number of nitrogens with one attached hydrogen (secondary N) is 1. The van der Waals surface area contributed by atoms with Gasteiger partial charge in [-0.25, -0.2) is 0 Å². The Morgan fingerprint density at radius 3 is 2.43 bits per heavy atom. The van der Waals surface area contributed by atoms with Gasteiger partial charge in [0.05, 0.1) is 6.42 Å². The summed E-state index contributed by atoms with van der Waals surface area (Å²) in [5, 5.41) is 3.70. The standard InChI is InChI=1S/C18H23ClN2O2/c19-16-7-2-1-4-14(16)12-17(22)20-15-8-10-21(11-9-15)18(23)13-5-3-6-13/h1-2,4,7,13,15H,3,5-6,8-12H2,(H,20,22). The summed E-state index contributed by atoms with van der Waals surface area (Å²) in [5.74, 6) is 0.584. The first kappa shape index (κ1) is 16.3. The lowest BCUT2D eigenvalue weighted by Gasteiger charge is -2.36. The number of hydrogen-bond acceptors (Lipinski definition) is 2. The lowest BCUT2D eigenvalue weighted by Crippen LogP contribution is -2.49. The summed E-state index contributed by atoms with van der Waals surface area (Å²) in [5.41, 5.74) is 0.851. The van der Waals surface area contributed by atoms with Gasteiger partial charge in [-0.3, -0.25) is 9.59 Å². The van der Waals surface area contributed by atoms with Crippen molar-refractivity contribution in [1.29, 1.82) is 0 Å². The fourth-order valence-corrected chi connectivity index (χ4v) is 3.45. The highest BCUT2D eigenvalue weighted by Gasteiger charge is 2.31. The van der Waals surface area contributed by atoms with E-state index in [4.69, 9.17) is 11.6 Å². The molecule has 0 radical (unpaired) electrons. The first-order chi connectivity index (χ1) is 11.1. The molecule has 2 amide bonds. The smallest absolute Gasteiger partial charge is 0.225 e. The molecule has 4 nitrogen and oxygen atoms in total. The zero-order valence-electron chi connectivity index (χ0n) is 13.3. The molecule has 1 N–H and O–H groups in total. The van der Waals surface area contributed by atoms with Crippen molar-refractivity contribution < 1.29 is 9.59 Å². The lowest BCUT2D eigenvalue weighted by atomic mass is 9.84. The second-order valence-electron chi connectivity index (χ2n) is 6.56. The minimum atomic E-state index is 0.00173. The third-order valence-corrected chi connectivity index (χ3v) is 5.30. The summed E-state index contributed by atoms with van der Waals surface area (Å²) in [6, 6.07) is 7.59. The summed E-state index contributed by atoms with van der Waals surface area (Å²) >= 11 is 6.09. The number of nitrogens with zero attached hydrogens (tertiary/aromatic N) is 1. The van der Waals surface area contributed by atoms with Gasteiger partial charge >= 0.3 is 0 Å². The predicted octanol–water partition coefficient (Wildman–Crippen LogP) is 2.79. The van der Waals surface area contributed by atoms with Crippen LogP contribution in [0.15, 0.2) is 24.3 Å². The third kappa shape index (κ3) is 4.05. The highest BCUT2D eigenvalue weighted by molar-refractivity contribution is 6.31. The van der Waals surface area contributed by atoms with Crippen LogP contribution in [0.3, 0.4) is 0 Å². The first-order valence-corrected chi connectivity index (χ1v) is 8.83. The van der Waals surface area contributed by atoms with Crippen LogP contribution in [0.2, 0.25) is 5.02 Å². The first-order valence-electron chi connectivity index (χ1n) is 8.45. The Kier molecular flexibility index (Phi) is 5.21. The van der Waals surface area contributed by atoms with Crippen LogP contribution in [0.4, 0.5) is 0 Å². The Morgan fingerprint density at radius 2 is 1.83 bits per heavy atom. The second kappa shape index (κ2) is 7.35. The summed E-state index contributed by atoms with van der Waals surface area (Å²) in [7, 11) is 0. The quantitative estimate of drug-likeness (QED) is 0.920. The molecule has 1 heterocycles. The van der Waals surface area contributed by atoms with Gasteiger partial charge in [-0.2, -0.15) is 0 Å². The molecule has 5 heteroatoms. The van der Waals surface area contributed by atoms with Gasteiger partial charge in [-0.1, -0.05) is 36.2 Å². The molecule has 3 rings (SSSR count). The molecule has 0 aromatic heterocycles. The predicted molar refractivity (Wildman–Crippen MR) is 90.2 cm³/mol. The maximum atomic E-state index is 12.2. The number of carbonyl (C=O) groups is 2. The maximum absolute atomic E-state index is 12.2. The number of piperidine rings is 1. The molecule has 0 spiro atoms. The van der Waals surface area contributed by atoms with E-state index in [1.165, 1.54) is 6.42 Å². The Morgan fingerprint density at radius 1 is 1.13 bits per heavy atom. The van der Waals surface area contributed by atoms with E-state index in [1.807, 2.05) is 23.1 Å². The van der Waals surface area contributed by atoms with Crippen LogP contribution in [-0.2, 0) is 16.0 Å². The minimum absolute atomic E-state index is 0.00173. The average molecular weight is 335 g/mol. The van der Waals surface area contributed by atoms with E-state index in [0.717, 1.165) is 44.3 Å². The molecule has 0 atom stereocenters. The second-order valence-corrected chi connectivity index (χ2v) is 6.97. The van der Waals surface area contributed by atoms with Crippen molar-refractivity contribution in [2.24, 2.45) is 5.92 Å². The maximum Gasteiger partial charge on any atom is 0.225 e. The van der Waals surface area contributed by atoms with Crippen molar-refractivity contribution in [1.82, 2.24) is 10.2 Å². The van der Waals surface area contributed by atoms with Crippen LogP contribution < -0.4 is 5.32 Å². The molecule has 1 aliphatic carbocycles. The molecule has 1 saturated heterocycles. The van der Waals surface area contributed by atoms with E-state index >= 15 is 0 Å². The van der Waals surface area contributed by atoms with Gasteiger partial charge in [0, 0.05) is 30.1 Å². The Labute approximate surface area is 142 Å². The van der Waals surface area contributed by atoms with Crippen LogP contribution >= 0.6 is 11.6 Å². The molecule has 2 aliphatic rings. The molecule has 1 aromatic carbocycles. The van der Waals surface area contributed by atoms with E-state index in [2.05, 4.69) is 5.32 Å². The van der Waals surface area contributed by atoms with Gasteiger partial charge in [0.25, 0.3) is 0 Å². The van der Waals surface area contributed by atoms with Gasteiger partial charge < -0.3 is 10.2 Å².